The van der Waals surface area contributed by atoms with Gasteiger partial charge in [-0.15, -0.1) is 0 Å². The largest absolute Gasteiger partial charge is 0.466 e. The number of benzene rings is 2. The summed E-state index contributed by atoms with van der Waals surface area (Å²) in [6.07, 6.45) is 3.45. The number of aryl methyl sites for hydroxylation is 1. The number of carbonyl (C=O) groups is 1. The number of nitrogens with zero attached hydrogens (tertiary/aromatic N) is 2. The van der Waals surface area contributed by atoms with Crippen LogP contribution in [-0.2, 0) is 19.6 Å². The van der Waals surface area contributed by atoms with Crippen molar-refractivity contribution >= 4 is 22.2 Å². The number of esters is 1. The van der Waals surface area contributed by atoms with Gasteiger partial charge in [-0.2, -0.15) is 17.9 Å². The maximum absolute atomic E-state index is 12.8. The van der Waals surface area contributed by atoms with Crippen molar-refractivity contribution in [1.29, 1.82) is 0 Å². The summed E-state index contributed by atoms with van der Waals surface area (Å²) in [5.41, 5.74) is 1.65. The van der Waals surface area contributed by atoms with Crippen LogP contribution in [0.1, 0.15) is 11.1 Å². The van der Waals surface area contributed by atoms with E-state index >= 15 is 0 Å². The van der Waals surface area contributed by atoms with Gasteiger partial charge in [0.05, 0.1) is 18.2 Å². The molecule has 6 nitrogen and oxygen atoms in total. The zero-order valence-corrected chi connectivity index (χ0v) is 14.7. The molecule has 2 rings (SSSR count). The maximum Gasteiger partial charge on any atom is 0.332 e. The molecule has 0 atom stereocenters. The van der Waals surface area contributed by atoms with Gasteiger partial charge in [-0.05, 0) is 24.6 Å². The van der Waals surface area contributed by atoms with Crippen LogP contribution in [0.3, 0.4) is 0 Å². The fourth-order valence-corrected chi connectivity index (χ4v) is 2.94. The third-order valence-electron chi connectivity index (χ3n) is 3.22. The Morgan fingerprint density at radius 1 is 1.08 bits per heavy atom. The molecular weight excluding hydrogens is 340 g/mol. The highest BCUT2D eigenvalue weighted by Crippen LogP contribution is 2.17. The van der Waals surface area contributed by atoms with Crippen molar-refractivity contribution in [2.45, 2.75) is 11.8 Å². The standard InChI is InChI=1S/C18H18N2O4S/c1-15-8-10-17(11-9-15)25(22,23)20(13-12-18(21)24-2)19-14-16-6-4-3-5-7-16/h3-14H,1-2H3/b13-12+,19-14+. The molecule has 0 aliphatic rings. The molecule has 0 saturated heterocycles. The van der Waals surface area contributed by atoms with Gasteiger partial charge in [0.1, 0.15) is 0 Å². The molecule has 0 heterocycles. The van der Waals surface area contributed by atoms with Gasteiger partial charge in [0.2, 0.25) is 0 Å². The number of ether oxygens (including phenoxy) is 1. The molecule has 0 amide bonds. The zero-order valence-electron chi connectivity index (χ0n) is 13.9. The molecule has 0 fully saturated rings. The second kappa shape index (κ2) is 8.25. The lowest BCUT2D eigenvalue weighted by Crippen LogP contribution is -2.21. The van der Waals surface area contributed by atoms with Crippen LogP contribution in [0, 0.1) is 6.92 Å². The molecule has 0 spiro atoms. The van der Waals surface area contributed by atoms with Crippen molar-refractivity contribution in [3.63, 3.8) is 0 Å². The van der Waals surface area contributed by atoms with Gasteiger partial charge in [-0.3, -0.25) is 0 Å². The normalized spacial score (nSPS) is 11.8. The Labute approximate surface area is 147 Å². The number of hydrogen-bond acceptors (Lipinski definition) is 5. The van der Waals surface area contributed by atoms with E-state index in [1.54, 1.807) is 24.3 Å². The van der Waals surface area contributed by atoms with E-state index in [4.69, 9.17) is 0 Å². The Morgan fingerprint density at radius 3 is 2.32 bits per heavy atom. The van der Waals surface area contributed by atoms with Crippen LogP contribution in [0.2, 0.25) is 0 Å². The van der Waals surface area contributed by atoms with Gasteiger partial charge in [0.25, 0.3) is 10.0 Å². The molecule has 0 aliphatic carbocycles. The maximum atomic E-state index is 12.8. The molecule has 0 unspecified atom stereocenters. The molecule has 2 aromatic rings. The van der Waals surface area contributed by atoms with Gasteiger partial charge in [0, 0.05) is 12.3 Å². The quantitative estimate of drug-likeness (QED) is 0.344. The summed E-state index contributed by atoms with van der Waals surface area (Å²) in [6, 6.07) is 15.4. The van der Waals surface area contributed by atoms with Crippen LogP contribution in [0.5, 0.6) is 0 Å². The summed E-state index contributed by atoms with van der Waals surface area (Å²) in [7, 11) is -2.74. The van der Waals surface area contributed by atoms with Crippen LogP contribution in [-0.4, -0.2) is 32.1 Å². The topological polar surface area (TPSA) is 76.0 Å². The Bertz CT molecular complexity index is 873. The predicted octanol–water partition coefficient (Wildman–Crippen LogP) is 2.71. The molecule has 0 aliphatic heterocycles. The molecule has 0 aromatic heterocycles. The lowest BCUT2D eigenvalue weighted by Gasteiger charge is -2.15. The van der Waals surface area contributed by atoms with Crippen LogP contribution < -0.4 is 0 Å². The Hall–Kier alpha value is -2.93. The SMILES string of the molecule is COC(=O)/C=C/N(/N=C/c1ccccc1)S(=O)(=O)c1ccc(C)cc1. The number of hydrazone groups is 1. The fraction of sp³-hybridized carbons (Fsp3) is 0.111. The van der Waals surface area contributed by atoms with Gasteiger partial charge >= 0.3 is 5.97 Å². The average molecular weight is 358 g/mol. The number of rotatable bonds is 6. The first-order valence-electron chi connectivity index (χ1n) is 7.40. The third kappa shape index (κ3) is 5.02. The van der Waals surface area contributed by atoms with E-state index in [9.17, 15) is 13.2 Å². The highest BCUT2D eigenvalue weighted by atomic mass is 32.2. The van der Waals surface area contributed by atoms with Crippen molar-refractivity contribution in [2.24, 2.45) is 5.10 Å². The van der Waals surface area contributed by atoms with E-state index in [1.807, 2.05) is 25.1 Å². The van der Waals surface area contributed by atoms with E-state index in [2.05, 4.69) is 9.84 Å². The summed E-state index contributed by atoms with van der Waals surface area (Å²) in [5, 5.41) is 4.00. The van der Waals surface area contributed by atoms with Crippen molar-refractivity contribution in [1.82, 2.24) is 4.41 Å². The number of hydrogen-bond donors (Lipinski definition) is 0. The van der Waals surface area contributed by atoms with E-state index in [0.717, 1.165) is 27.8 Å². The molecule has 130 valence electrons. The van der Waals surface area contributed by atoms with Crippen molar-refractivity contribution in [3.8, 4) is 0 Å². The van der Waals surface area contributed by atoms with Gasteiger partial charge in [-0.1, -0.05) is 48.0 Å². The number of carbonyl (C=O) groups excluding carboxylic acids is 1. The minimum Gasteiger partial charge on any atom is -0.466 e. The predicted molar refractivity (Wildman–Crippen MR) is 95.4 cm³/mol. The fourth-order valence-electron chi connectivity index (χ4n) is 1.85. The van der Waals surface area contributed by atoms with Crippen molar-refractivity contribution in [2.75, 3.05) is 7.11 Å². The average Bonchev–Trinajstić information content (AvgIpc) is 2.62. The first-order valence-corrected chi connectivity index (χ1v) is 8.84. The highest BCUT2D eigenvalue weighted by Gasteiger charge is 2.21. The van der Waals surface area contributed by atoms with Gasteiger partial charge in [-0.25, -0.2) is 4.79 Å². The van der Waals surface area contributed by atoms with E-state index in [-0.39, 0.29) is 4.90 Å². The Balaban J connectivity index is 2.39. The summed E-state index contributed by atoms with van der Waals surface area (Å²) in [6.45, 7) is 1.86. The first-order chi connectivity index (χ1) is 11.9. The molecular formula is C18H18N2O4S. The van der Waals surface area contributed by atoms with Gasteiger partial charge < -0.3 is 4.74 Å². The molecule has 0 saturated carbocycles. The Morgan fingerprint density at radius 2 is 1.72 bits per heavy atom. The van der Waals surface area contributed by atoms with Crippen LogP contribution in [0.15, 0.2) is 76.9 Å². The summed E-state index contributed by atoms with van der Waals surface area (Å²) in [5.74, 6) is -0.681. The molecule has 0 N–H and O–H groups in total. The van der Waals surface area contributed by atoms with Crippen molar-refractivity contribution < 1.29 is 17.9 Å². The van der Waals surface area contributed by atoms with Gasteiger partial charge in [0.15, 0.2) is 0 Å². The van der Waals surface area contributed by atoms with Crippen LogP contribution in [0.4, 0.5) is 0 Å². The molecule has 25 heavy (non-hydrogen) atoms. The second-order valence-electron chi connectivity index (χ2n) is 5.08. The number of methoxy groups -OCH3 is 1. The lowest BCUT2D eigenvalue weighted by molar-refractivity contribution is -0.134. The molecule has 7 heteroatoms. The molecule has 2 aromatic carbocycles. The van der Waals surface area contributed by atoms with Crippen LogP contribution >= 0.6 is 0 Å². The minimum absolute atomic E-state index is 0.0674. The minimum atomic E-state index is -3.95. The lowest BCUT2D eigenvalue weighted by atomic mass is 10.2. The second-order valence-corrected chi connectivity index (χ2v) is 6.88. The first kappa shape index (κ1) is 18.4. The Kier molecular flexibility index (Phi) is 6.08. The highest BCUT2D eigenvalue weighted by molar-refractivity contribution is 7.89. The van der Waals surface area contributed by atoms with Crippen LogP contribution in [0.25, 0.3) is 0 Å². The van der Waals surface area contributed by atoms with E-state index in [1.165, 1.54) is 25.5 Å². The zero-order chi connectivity index (χ0) is 18.3. The summed E-state index contributed by atoms with van der Waals surface area (Å²) in [4.78, 5) is 11.4. The summed E-state index contributed by atoms with van der Waals surface area (Å²) < 4.78 is 30.8. The summed E-state index contributed by atoms with van der Waals surface area (Å²) >= 11 is 0. The van der Waals surface area contributed by atoms with E-state index < -0.39 is 16.0 Å². The monoisotopic (exact) mass is 358 g/mol. The molecule has 0 radical (unpaired) electrons. The third-order valence-corrected chi connectivity index (χ3v) is 4.80. The van der Waals surface area contributed by atoms with Crippen molar-refractivity contribution in [3.05, 3.63) is 78.0 Å². The van der Waals surface area contributed by atoms with E-state index in [0.29, 0.717) is 0 Å². The molecule has 0 bridgehead atoms. The number of sulfonamides is 1. The smallest absolute Gasteiger partial charge is 0.332 e.